The Bertz CT molecular complexity index is 1860. The van der Waals surface area contributed by atoms with Crippen molar-refractivity contribution in [2.24, 2.45) is 0 Å². The lowest BCUT2D eigenvalue weighted by atomic mass is 9.94. The van der Waals surface area contributed by atoms with Crippen molar-refractivity contribution >= 4 is 21.9 Å². The molecule has 0 radical (unpaired) electrons. The summed E-state index contributed by atoms with van der Waals surface area (Å²) in [6.45, 7) is 1.95. The van der Waals surface area contributed by atoms with E-state index in [-0.39, 0.29) is 0 Å². The third-order valence-electron chi connectivity index (χ3n) is 6.96. The van der Waals surface area contributed by atoms with Crippen LogP contribution in [-0.2, 0) is 0 Å². The van der Waals surface area contributed by atoms with Gasteiger partial charge < -0.3 is 4.42 Å². The summed E-state index contributed by atoms with van der Waals surface area (Å²) in [5.41, 5.74) is 10.2. The molecule has 5 aromatic carbocycles. The van der Waals surface area contributed by atoms with Crippen molar-refractivity contribution in [3.63, 3.8) is 0 Å². The molecule has 0 saturated heterocycles. The minimum atomic E-state index is 0.730. The smallest absolute Gasteiger partial charge is 0.136 e. The second kappa shape index (κ2) is 9.13. The van der Waals surface area contributed by atoms with Crippen LogP contribution in [0.5, 0.6) is 0 Å². The SMILES string of the molecule is Cc1nc(-c2cc(-c3ccccc3)cc(-c3ccccc3)c2)cc(-c2ccc3c(c2)oc2ccccc23)n1. The molecule has 0 unspecified atom stereocenters. The predicted octanol–water partition coefficient (Wildman–Crippen LogP) is 9.35. The van der Waals surface area contributed by atoms with Gasteiger partial charge in [0.15, 0.2) is 0 Å². The topological polar surface area (TPSA) is 38.9 Å². The molecule has 0 bridgehead atoms. The lowest BCUT2D eigenvalue weighted by Gasteiger charge is -2.12. The Balaban J connectivity index is 1.38. The number of rotatable bonds is 4. The van der Waals surface area contributed by atoms with Gasteiger partial charge in [0.1, 0.15) is 17.0 Å². The third-order valence-corrected chi connectivity index (χ3v) is 6.96. The number of furan rings is 1. The molecule has 3 nitrogen and oxygen atoms in total. The number of hydrogen-bond acceptors (Lipinski definition) is 3. The van der Waals surface area contributed by atoms with E-state index in [0.717, 1.165) is 61.4 Å². The van der Waals surface area contributed by atoms with E-state index in [1.807, 2.05) is 37.3 Å². The van der Waals surface area contributed by atoms with Crippen molar-refractivity contribution in [3.05, 3.63) is 133 Å². The zero-order valence-electron chi connectivity index (χ0n) is 20.9. The van der Waals surface area contributed by atoms with E-state index in [1.54, 1.807) is 0 Å². The summed E-state index contributed by atoms with van der Waals surface area (Å²) in [5.74, 6) is 0.730. The van der Waals surface area contributed by atoms with E-state index in [4.69, 9.17) is 14.4 Å². The number of benzene rings is 5. The second-order valence-electron chi connectivity index (χ2n) is 9.53. The zero-order chi connectivity index (χ0) is 25.5. The van der Waals surface area contributed by atoms with Gasteiger partial charge in [0.2, 0.25) is 0 Å². The van der Waals surface area contributed by atoms with E-state index in [9.17, 15) is 0 Å². The zero-order valence-corrected chi connectivity index (χ0v) is 20.9. The van der Waals surface area contributed by atoms with Gasteiger partial charge in [-0.3, -0.25) is 0 Å². The van der Waals surface area contributed by atoms with Crippen molar-refractivity contribution < 1.29 is 4.42 Å². The van der Waals surface area contributed by atoms with Gasteiger partial charge in [0.25, 0.3) is 0 Å². The maximum atomic E-state index is 6.15. The van der Waals surface area contributed by atoms with Crippen LogP contribution in [0.4, 0.5) is 0 Å². The molecule has 0 aliphatic carbocycles. The molecule has 7 rings (SSSR count). The quantitative estimate of drug-likeness (QED) is 0.248. The minimum Gasteiger partial charge on any atom is -0.456 e. The number of aryl methyl sites for hydroxylation is 1. The fourth-order valence-electron chi connectivity index (χ4n) is 5.12. The van der Waals surface area contributed by atoms with E-state index in [1.165, 1.54) is 11.1 Å². The van der Waals surface area contributed by atoms with Gasteiger partial charge in [-0.1, -0.05) is 84.9 Å². The van der Waals surface area contributed by atoms with Gasteiger partial charge in [-0.25, -0.2) is 9.97 Å². The van der Waals surface area contributed by atoms with Gasteiger partial charge >= 0.3 is 0 Å². The number of fused-ring (bicyclic) bond motifs is 3. The summed E-state index contributed by atoms with van der Waals surface area (Å²) < 4.78 is 6.15. The van der Waals surface area contributed by atoms with Crippen LogP contribution in [0, 0.1) is 6.92 Å². The molecule has 180 valence electrons. The van der Waals surface area contributed by atoms with Crippen LogP contribution in [-0.4, -0.2) is 9.97 Å². The molecule has 2 heterocycles. The predicted molar refractivity (Wildman–Crippen MR) is 156 cm³/mol. The van der Waals surface area contributed by atoms with Gasteiger partial charge in [0.05, 0.1) is 11.4 Å². The molecule has 0 N–H and O–H groups in total. The highest BCUT2D eigenvalue weighted by Crippen LogP contribution is 2.35. The van der Waals surface area contributed by atoms with Crippen LogP contribution in [0.3, 0.4) is 0 Å². The Morgan fingerprint density at radius 1 is 0.421 bits per heavy atom. The average Bonchev–Trinajstić information content (AvgIpc) is 3.35. The highest BCUT2D eigenvalue weighted by Gasteiger charge is 2.13. The number of aromatic nitrogens is 2. The van der Waals surface area contributed by atoms with Gasteiger partial charge in [-0.05, 0) is 71.6 Å². The van der Waals surface area contributed by atoms with Gasteiger partial charge in [0, 0.05) is 21.9 Å². The summed E-state index contributed by atoms with van der Waals surface area (Å²) >= 11 is 0. The first-order valence-corrected chi connectivity index (χ1v) is 12.7. The Kier molecular flexibility index (Phi) is 5.33. The van der Waals surface area contributed by atoms with Gasteiger partial charge in [-0.2, -0.15) is 0 Å². The summed E-state index contributed by atoms with van der Waals surface area (Å²) in [6.07, 6.45) is 0. The molecular weight excluding hydrogens is 464 g/mol. The molecule has 0 aliphatic rings. The summed E-state index contributed by atoms with van der Waals surface area (Å²) in [7, 11) is 0. The Hall–Kier alpha value is -5.02. The number of hydrogen-bond donors (Lipinski definition) is 0. The molecule has 2 aromatic heterocycles. The molecule has 0 atom stereocenters. The van der Waals surface area contributed by atoms with Crippen LogP contribution in [0.1, 0.15) is 5.82 Å². The average molecular weight is 489 g/mol. The standard InChI is InChI=1S/C35H24N2O/c1-23-36-32(26-16-17-31-30-14-8-9-15-34(30)38-35(31)21-26)22-33(37-23)29-19-27(24-10-4-2-5-11-24)18-28(20-29)25-12-6-3-7-13-25/h2-22H,1H3. The molecule has 7 aromatic rings. The normalized spacial score (nSPS) is 11.3. The molecule has 0 amide bonds. The fraction of sp³-hybridized carbons (Fsp3) is 0.0286. The molecule has 38 heavy (non-hydrogen) atoms. The Morgan fingerprint density at radius 2 is 0.974 bits per heavy atom. The van der Waals surface area contributed by atoms with Gasteiger partial charge in [-0.15, -0.1) is 0 Å². The first-order chi connectivity index (χ1) is 18.7. The summed E-state index contributed by atoms with van der Waals surface area (Å²) in [4.78, 5) is 9.66. The largest absolute Gasteiger partial charge is 0.456 e. The minimum absolute atomic E-state index is 0.730. The van der Waals surface area contributed by atoms with Crippen molar-refractivity contribution in [1.82, 2.24) is 9.97 Å². The van der Waals surface area contributed by atoms with Crippen molar-refractivity contribution in [2.45, 2.75) is 6.92 Å². The summed E-state index contributed by atoms with van der Waals surface area (Å²) in [6, 6.07) is 44.2. The van der Waals surface area contributed by atoms with Crippen LogP contribution in [0.2, 0.25) is 0 Å². The maximum absolute atomic E-state index is 6.15. The fourth-order valence-corrected chi connectivity index (χ4v) is 5.12. The Morgan fingerprint density at radius 3 is 1.66 bits per heavy atom. The summed E-state index contributed by atoms with van der Waals surface area (Å²) in [5, 5.41) is 2.23. The molecule has 0 fully saturated rings. The molecule has 3 heteroatoms. The van der Waals surface area contributed by atoms with Crippen LogP contribution < -0.4 is 0 Å². The van der Waals surface area contributed by atoms with E-state index in [2.05, 4.69) is 97.1 Å². The first kappa shape index (κ1) is 22.2. The van der Waals surface area contributed by atoms with Crippen LogP contribution in [0.25, 0.3) is 66.7 Å². The van der Waals surface area contributed by atoms with Crippen molar-refractivity contribution in [1.29, 1.82) is 0 Å². The molecule has 0 spiro atoms. The lowest BCUT2D eigenvalue weighted by molar-refractivity contribution is 0.669. The molecule has 0 saturated carbocycles. The Labute approximate surface area is 221 Å². The maximum Gasteiger partial charge on any atom is 0.136 e. The molecule has 0 aliphatic heterocycles. The third kappa shape index (κ3) is 4.04. The van der Waals surface area contributed by atoms with Crippen LogP contribution >= 0.6 is 0 Å². The van der Waals surface area contributed by atoms with Crippen molar-refractivity contribution in [2.75, 3.05) is 0 Å². The number of nitrogens with zero attached hydrogens (tertiary/aromatic N) is 2. The monoisotopic (exact) mass is 488 g/mol. The first-order valence-electron chi connectivity index (χ1n) is 12.7. The van der Waals surface area contributed by atoms with Crippen molar-refractivity contribution in [3.8, 4) is 44.8 Å². The van der Waals surface area contributed by atoms with E-state index < -0.39 is 0 Å². The van der Waals surface area contributed by atoms with Crippen LogP contribution in [0.15, 0.2) is 132 Å². The van der Waals surface area contributed by atoms with E-state index >= 15 is 0 Å². The highest BCUT2D eigenvalue weighted by atomic mass is 16.3. The highest BCUT2D eigenvalue weighted by molar-refractivity contribution is 6.05. The number of para-hydroxylation sites is 1. The molecular formula is C35H24N2O. The lowest BCUT2D eigenvalue weighted by Crippen LogP contribution is -1.95. The van der Waals surface area contributed by atoms with E-state index in [0.29, 0.717) is 0 Å². The second-order valence-corrected chi connectivity index (χ2v) is 9.53.